The Balaban J connectivity index is 1.92. The maximum absolute atomic E-state index is 5.93. The molecule has 0 aliphatic heterocycles. The van der Waals surface area contributed by atoms with E-state index in [1.54, 1.807) is 0 Å². The van der Waals surface area contributed by atoms with Gasteiger partial charge in [0.15, 0.2) is 0 Å². The predicted octanol–water partition coefficient (Wildman–Crippen LogP) is 3.08. The predicted molar refractivity (Wildman–Crippen MR) is 91.6 cm³/mol. The van der Waals surface area contributed by atoms with Crippen LogP contribution in [0.5, 0.6) is 0 Å². The summed E-state index contributed by atoms with van der Waals surface area (Å²) in [5.74, 6) is 1.13. The standard InChI is InChI=1S/C19H21BO/c1-2-21-19(15-9-10-15)18-6-4-3-5-16(18)13-14-7-11-17(20)12-8-14/h3-8,11-12H,2,9-10,13,20H2,1H3. The number of hydrogen-bond acceptors (Lipinski definition) is 1. The molecule has 0 unspecified atom stereocenters. The van der Waals surface area contributed by atoms with Gasteiger partial charge in [-0.1, -0.05) is 54.0 Å². The molecule has 0 amide bonds. The van der Waals surface area contributed by atoms with Crippen LogP contribution in [0, 0.1) is 0 Å². The second kappa shape index (κ2) is 6.21. The van der Waals surface area contributed by atoms with Gasteiger partial charge in [0.2, 0.25) is 0 Å². The topological polar surface area (TPSA) is 9.23 Å². The highest BCUT2D eigenvalue weighted by atomic mass is 16.5. The normalized spacial score (nSPS) is 13.1. The van der Waals surface area contributed by atoms with Crippen LogP contribution < -0.4 is 5.46 Å². The lowest BCUT2D eigenvalue weighted by atomic mass is 9.92. The molecule has 1 fully saturated rings. The van der Waals surface area contributed by atoms with E-state index in [1.807, 2.05) is 0 Å². The third-order valence-corrected chi connectivity index (χ3v) is 3.89. The minimum atomic E-state index is 0.734. The molecule has 2 heteroatoms. The van der Waals surface area contributed by atoms with E-state index in [0.29, 0.717) is 0 Å². The molecule has 106 valence electrons. The van der Waals surface area contributed by atoms with Gasteiger partial charge in [-0.15, -0.1) is 0 Å². The molecule has 0 aromatic heterocycles. The van der Waals surface area contributed by atoms with Crippen molar-refractivity contribution in [2.45, 2.75) is 26.2 Å². The lowest BCUT2D eigenvalue weighted by Crippen LogP contribution is -2.02. The molecule has 21 heavy (non-hydrogen) atoms. The summed E-state index contributed by atoms with van der Waals surface area (Å²) in [5, 5.41) is 0. The number of benzene rings is 2. The van der Waals surface area contributed by atoms with Crippen LogP contribution in [0.4, 0.5) is 0 Å². The van der Waals surface area contributed by atoms with Gasteiger partial charge < -0.3 is 4.74 Å². The summed E-state index contributed by atoms with van der Waals surface area (Å²) in [6, 6.07) is 17.4. The van der Waals surface area contributed by atoms with Crippen molar-refractivity contribution in [3.05, 3.63) is 70.8 Å². The van der Waals surface area contributed by atoms with Crippen LogP contribution in [-0.2, 0) is 11.2 Å². The van der Waals surface area contributed by atoms with Crippen molar-refractivity contribution in [3.8, 4) is 0 Å². The first-order valence-corrected chi connectivity index (χ1v) is 7.76. The zero-order valence-electron chi connectivity index (χ0n) is 12.9. The summed E-state index contributed by atoms with van der Waals surface area (Å²) >= 11 is 0. The average molecular weight is 276 g/mol. The van der Waals surface area contributed by atoms with E-state index >= 15 is 0 Å². The molecule has 1 saturated carbocycles. The SMILES string of the molecule is Bc1ccc(Cc2ccccc2C(OCC)=C2CC2)cc1. The first-order valence-electron chi connectivity index (χ1n) is 7.76. The van der Waals surface area contributed by atoms with Crippen molar-refractivity contribution in [1.29, 1.82) is 0 Å². The third kappa shape index (κ3) is 3.39. The Morgan fingerprint density at radius 3 is 2.43 bits per heavy atom. The van der Waals surface area contributed by atoms with Gasteiger partial charge in [0.25, 0.3) is 0 Å². The summed E-state index contributed by atoms with van der Waals surface area (Å²) in [5.41, 5.74) is 6.75. The first-order chi connectivity index (χ1) is 10.3. The average Bonchev–Trinajstić information content (AvgIpc) is 3.33. The highest BCUT2D eigenvalue weighted by Gasteiger charge is 2.22. The smallest absolute Gasteiger partial charge is 0.139 e. The summed E-state index contributed by atoms with van der Waals surface area (Å²) in [6.07, 6.45) is 3.34. The summed E-state index contributed by atoms with van der Waals surface area (Å²) < 4.78 is 5.93. The number of ether oxygens (including phenoxy) is 1. The van der Waals surface area contributed by atoms with E-state index in [1.165, 1.54) is 40.6 Å². The van der Waals surface area contributed by atoms with Gasteiger partial charge in [-0.2, -0.15) is 0 Å². The van der Waals surface area contributed by atoms with Gasteiger partial charge >= 0.3 is 0 Å². The zero-order valence-corrected chi connectivity index (χ0v) is 12.9. The fourth-order valence-electron chi connectivity index (χ4n) is 2.63. The van der Waals surface area contributed by atoms with Gasteiger partial charge in [-0.3, -0.25) is 0 Å². The molecule has 1 aliphatic carbocycles. The minimum absolute atomic E-state index is 0.734. The molecule has 0 bridgehead atoms. The van der Waals surface area contributed by atoms with Crippen LogP contribution in [0.1, 0.15) is 36.5 Å². The first kappa shape index (κ1) is 14.0. The Morgan fingerprint density at radius 1 is 1.05 bits per heavy atom. The highest BCUT2D eigenvalue weighted by molar-refractivity contribution is 6.32. The van der Waals surface area contributed by atoms with Gasteiger partial charge in [-0.25, -0.2) is 0 Å². The molecular formula is C19H21BO. The van der Waals surface area contributed by atoms with E-state index in [9.17, 15) is 0 Å². The van der Waals surface area contributed by atoms with E-state index < -0.39 is 0 Å². The molecular weight excluding hydrogens is 255 g/mol. The minimum Gasteiger partial charge on any atom is -0.493 e. The molecule has 0 spiro atoms. The van der Waals surface area contributed by atoms with Crippen molar-refractivity contribution in [3.63, 3.8) is 0 Å². The largest absolute Gasteiger partial charge is 0.493 e. The Kier molecular flexibility index (Phi) is 4.14. The van der Waals surface area contributed by atoms with Gasteiger partial charge in [-0.05, 0) is 42.9 Å². The van der Waals surface area contributed by atoms with Crippen LogP contribution >= 0.6 is 0 Å². The van der Waals surface area contributed by atoms with Crippen LogP contribution in [-0.4, -0.2) is 14.5 Å². The second-order valence-electron chi connectivity index (χ2n) is 5.69. The Bertz CT molecular complexity index is 650. The molecule has 0 atom stereocenters. The molecule has 1 nitrogen and oxygen atoms in total. The molecule has 0 radical (unpaired) electrons. The Labute approximate surface area is 128 Å². The summed E-state index contributed by atoms with van der Waals surface area (Å²) in [7, 11) is 2.13. The molecule has 1 aliphatic rings. The summed E-state index contributed by atoms with van der Waals surface area (Å²) in [6.45, 7) is 2.79. The van der Waals surface area contributed by atoms with Crippen molar-refractivity contribution in [2.75, 3.05) is 6.61 Å². The number of hydrogen-bond donors (Lipinski definition) is 0. The maximum atomic E-state index is 5.93. The monoisotopic (exact) mass is 276 g/mol. The Morgan fingerprint density at radius 2 is 1.76 bits per heavy atom. The van der Waals surface area contributed by atoms with Crippen molar-refractivity contribution >= 4 is 19.1 Å². The van der Waals surface area contributed by atoms with E-state index in [2.05, 4.69) is 63.3 Å². The number of allylic oxidation sites excluding steroid dienone is 1. The second-order valence-corrected chi connectivity index (χ2v) is 5.69. The van der Waals surface area contributed by atoms with Gasteiger partial charge in [0.1, 0.15) is 13.6 Å². The zero-order chi connectivity index (χ0) is 14.7. The molecule has 3 rings (SSSR count). The van der Waals surface area contributed by atoms with E-state index in [4.69, 9.17) is 4.74 Å². The summed E-state index contributed by atoms with van der Waals surface area (Å²) in [4.78, 5) is 0. The maximum Gasteiger partial charge on any atom is 0.139 e. The molecule has 0 saturated heterocycles. The van der Waals surface area contributed by atoms with Gasteiger partial charge in [0.05, 0.1) is 6.61 Å². The fourth-order valence-corrected chi connectivity index (χ4v) is 2.63. The highest BCUT2D eigenvalue weighted by Crippen LogP contribution is 2.38. The van der Waals surface area contributed by atoms with Crippen molar-refractivity contribution < 1.29 is 4.74 Å². The quantitative estimate of drug-likeness (QED) is 0.602. The molecule has 0 N–H and O–H groups in total. The lowest BCUT2D eigenvalue weighted by Gasteiger charge is -2.14. The number of rotatable bonds is 5. The van der Waals surface area contributed by atoms with Crippen molar-refractivity contribution in [1.82, 2.24) is 0 Å². The molecule has 2 aromatic carbocycles. The molecule has 2 aromatic rings. The lowest BCUT2D eigenvalue weighted by molar-refractivity contribution is 0.296. The Hall–Kier alpha value is -1.96. The van der Waals surface area contributed by atoms with Crippen molar-refractivity contribution in [2.24, 2.45) is 0 Å². The third-order valence-electron chi connectivity index (χ3n) is 3.89. The van der Waals surface area contributed by atoms with E-state index in [-0.39, 0.29) is 0 Å². The van der Waals surface area contributed by atoms with Crippen LogP contribution in [0.3, 0.4) is 0 Å². The van der Waals surface area contributed by atoms with Crippen LogP contribution in [0.15, 0.2) is 54.1 Å². The fraction of sp³-hybridized carbons (Fsp3) is 0.263. The van der Waals surface area contributed by atoms with Crippen LogP contribution in [0.25, 0.3) is 5.76 Å². The van der Waals surface area contributed by atoms with E-state index in [0.717, 1.165) is 18.8 Å². The van der Waals surface area contributed by atoms with Gasteiger partial charge in [0, 0.05) is 5.56 Å². The van der Waals surface area contributed by atoms with Crippen LogP contribution in [0.2, 0.25) is 0 Å². The molecule has 0 heterocycles.